The maximum absolute atomic E-state index is 13.4. The molecule has 0 saturated heterocycles. The van der Waals surface area contributed by atoms with Gasteiger partial charge in [0.1, 0.15) is 6.04 Å². The second kappa shape index (κ2) is 7.24. The van der Waals surface area contributed by atoms with E-state index in [4.69, 9.17) is 0 Å². The molecular formula is C16H19F3N4O2. The molecule has 2 rings (SSSR count). The monoisotopic (exact) mass is 356 g/mol. The van der Waals surface area contributed by atoms with Crippen molar-refractivity contribution >= 4 is 5.91 Å². The van der Waals surface area contributed by atoms with Crippen LogP contribution in [0.3, 0.4) is 0 Å². The van der Waals surface area contributed by atoms with E-state index in [0.717, 1.165) is 12.1 Å². The minimum atomic E-state index is -4.95. The lowest BCUT2D eigenvalue weighted by atomic mass is 9.93. The van der Waals surface area contributed by atoms with E-state index < -0.39 is 30.3 Å². The molecule has 1 amide bonds. The average molecular weight is 356 g/mol. The van der Waals surface area contributed by atoms with Gasteiger partial charge < -0.3 is 15.7 Å². The minimum Gasteiger partial charge on any atom is -0.375 e. The summed E-state index contributed by atoms with van der Waals surface area (Å²) in [7, 11) is 3.16. The Balaban J connectivity index is 2.19. The van der Waals surface area contributed by atoms with Crippen LogP contribution in [0.25, 0.3) is 0 Å². The predicted molar refractivity (Wildman–Crippen MR) is 84.4 cm³/mol. The van der Waals surface area contributed by atoms with Gasteiger partial charge in [0.05, 0.1) is 12.7 Å². The number of amides is 1. The van der Waals surface area contributed by atoms with Gasteiger partial charge in [0.15, 0.2) is 0 Å². The molecule has 2 unspecified atom stereocenters. The molecule has 136 valence electrons. The highest BCUT2D eigenvalue weighted by Gasteiger charge is 2.55. The third kappa shape index (κ3) is 3.99. The van der Waals surface area contributed by atoms with Gasteiger partial charge in [-0.1, -0.05) is 30.3 Å². The Morgan fingerprint density at radius 3 is 2.44 bits per heavy atom. The molecule has 6 nitrogen and oxygen atoms in total. The number of hydrogen-bond donors (Lipinski definition) is 3. The van der Waals surface area contributed by atoms with Gasteiger partial charge in [-0.2, -0.15) is 18.3 Å². The Bertz CT molecular complexity index is 718. The van der Waals surface area contributed by atoms with Crippen LogP contribution in [0, 0.1) is 0 Å². The average Bonchev–Trinajstić information content (AvgIpc) is 2.99. The number of alkyl halides is 3. The summed E-state index contributed by atoms with van der Waals surface area (Å²) < 4.78 is 41.7. The minimum absolute atomic E-state index is 0.342. The van der Waals surface area contributed by atoms with Gasteiger partial charge >= 0.3 is 6.18 Å². The summed E-state index contributed by atoms with van der Waals surface area (Å²) in [6.45, 7) is -1.00. The van der Waals surface area contributed by atoms with Crippen molar-refractivity contribution < 1.29 is 23.1 Å². The molecule has 3 N–H and O–H groups in total. The van der Waals surface area contributed by atoms with Crippen LogP contribution in [-0.4, -0.2) is 40.6 Å². The van der Waals surface area contributed by atoms with Crippen LogP contribution in [0.1, 0.15) is 17.2 Å². The van der Waals surface area contributed by atoms with E-state index in [1.165, 1.54) is 36.1 Å². The fourth-order valence-electron chi connectivity index (χ4n) is 2.44. The normalized spacial score (nSPS) is 15.4. The molecule has 1 aromatic carbocycles. The van der Waals surface area contributed by atoms with Gasteiger partial charge in [-0.25, -0.2) is 0 Å². The second-order valence-corrected chi connectivity index (χ2v) is 5.61. The van der Waals surface area contributed by atoms with Crippen LogP contribution in [0.5, 0.6) is 0 Å². The number of rotatable bonds is 6. The van der Waals surface area contributed by atoms with Crippen LogP contribution < -0.4 is 10.6 Å². The number of halogens is 3. The number of nitrogens with zero attached hydrogens (tertiary/aromatic N) is 2. The van der Waals surface area contributed by atoms with Gasteiger partial charge in [0, 0.05) is 18.8 Å². The summed E-state index contributed by atoms with van der Waals surface area (Å²) >= 11 is 0. The molecule has 25 heavy (non-hydrogen) atoms. The molecule has 2 atom stereocenters. The molecule has 0 aliphatic carbocycles. The first-order valence-corrected chi connectivity index (χ1v) is 7.47. The smallest absolute Gasteiger partial charge is 0.375 e. The first kappa shape index (κ1) is 18.9. The van der Waals surface area contributed by atoms with Crippen molar-refractivity contribution in [3.8, 4) is 0 Å². The zero-order valence-corrected chi connectivity index (χ0v) is 13.7. The number of hydrogen-bond acceptors (Lipinski definition) is 4. The fourth-order valence-corrected chi connectivity index (χ4v) is 2.44. The molecule has 0 bridgehead atoms. The SMILES string of the molecule is CNC(C(=O)NCC(O)(c1ccccc1)C(F)(F)F)c1cnn(C)c1. The van der Waals surface area contributed by atoms with E-state index in [0.29, 0.717) is 5.56 Å². The molecule has 0 aliphatic rings. The number of nitrogens with one attached hydrogen (secondary N) is 2. The predicted octanol–water partition coefficient (Wildman–Crippen LogP) is 1.25. The van der Waals surface area contributed by atoms with E-state index >= 15 is 0 Å². The van der Waals surface area contributed by atoms with Gasteiger partial charge in [0.25, 0.3) is 0 Å². The number of aryl methyl sites for hydroxylation is 1. The standard InChI is InChI=1S/C16H19F3N4O2/c1-20-13(11-8-22-23(2)9-11)14(24)21-10-15(25,16(17,18)19)12-6-4-3-5-7-12/h3-9,13,20,25H,10H2,1-2H3,(H,21,24). The lowest BCUT2D eigenvalue weighted by molar-refractivity contribution is -0.264. The molecule has 9 heteroatoms. The van der Waals surface area contributed by atoms with Crippen molar-refractivity contribution in [2.24, 2.45) is 7.05 Å². The van der Waals surface area contributed by atoms with Crippen molar-refractivity contribution in [3.05, 3.63) is 53.9 Å². The molecule has 1 heterocycles. The van der Waals surface area contributed by atoms with E-state index in [2.05, 4.69) is 15.7 Å². The van der Waals surface area contributed by atoms with Crippen LogP contribution in [0.2, 0.25) is 0 Å². The van der Waals surface area contributed by atoms with Gasteiger partial charge in [-0.05, 0) is 12.6 Å². The summed E-state index contributed by atoms with van der Waals surface area (Å²) in [5.74, 6) is -0.700. The number of carbonyl (C=O) groups excluding carboxylic acids is 1. The van der Waals surface area contributed by atoms with Crippen molar-refractivity contribution in [1.29, 1.82) is 0 Å². The molecular weight excluding hydrogens is 337 g/mol. The maximum atomic E-state index is 13.4. The Labute approximate surface area is 142 Å². The Morgan fingerprint density at radius 1 is 1.32 bits per heavy atom. The maximum Gasteiger partial charge on any atom is 0.423 e. The molecule has 0 saturated carbocycles. The highest BCUT2D eigenvalue weighted by molar-refractivity contribution is 5.83. The van der Waals surface area contributed by atoms with E-state index in [9.17, 15) is 23.1 Å². The van der Waals surface area contributed by atoms with Gasteiger partial charge in [-0.3, -0.25) is 9.48 Å². The summed E-state index contributed by atoms with van der Waals surface area (Å²) in [6, 6.07) is 5.76. The first-order chi connectivity index (χ1) is 11.7. The highest BCUT2D eigenvalue weighted by atomic mass is 19.4. The van der Waals surface area contributed by atoms with Gasteiger partial charge in [0.2, 0.25) is 11.5 Å². The van der Waals surface area contributed by atoms with Crippen LogP contribution in [0.4, 0.5) is 13.2 Å². The lowest BCUT2D eigenvalue weighted by Gasteiger charge is -2.31. The lowest BCUT2D eigenvalue weighted by Crippen LogP contribution is -2.52. The summed E-state index contributed by atoms with van der Waals surface area (Å²) in [5, 5.41) is 19.0. The summed E-state index contributed by atoms with van der Waals surface area (Å²) in [5.41, 5.74) is -3.03. The van der Waals surface area contributed by atoms with E-state index in [-0.39, 0.29) is 5.56 Å². The zero-order valence-electron chi connectivity index (χ0n) is 13.7. The highest BCUT2D eigenvalue weighted by Crippen LogP contribution is 2.38. The largest absolute Gasteiger partial charge is 0.423 e. The molecule has 0 aliphatic heterocycles. The van der Waals surface area contributed by atoms with E-state index in [1.54, 1.807) is 13.2 Å². The van der Waals surface area contributed by atoms with Crippen LogP contribution in [0.15, 0.2) is 42.7 Å². The first-order valence-electron chi connectivity index (χ1n) is 7.47. The summed E-state index contributed by atoms with van der Waals surface area (Å²) in [6.07, 6.45) is -1.94. The molecule has 0 spiro atoms. The second-order valence-electron chi connectivity index (χ2n) is 5.61. The summed E-state index contributed by atoms with van der Waals surface area (Å²) in [4.78, 5) is 12.3. The third-order valence-electron chi connectivity index (χ3n) is 3.85. The zero-order chi connectivity index (χ0) is 18.7. The Morgan fingerprint density at radius 2 is 1.96 bits per heavy atom. The van der Waals surface area contributed by atoms with Gasteiger partial charge in [-0.15, -0.1) is 0 Å². The van der Waals surface area contributed by atoms with Crippen molar-refractivity contribution in [3.63, 3.8) is 0 Å². The molecule has 2 aromatic rings. The van der Waals surface area contributed by atoms with Crippen molar-refractivity contribution in [2.75, 3.05) is 13.6 Å². The Kier molecular flexibility index (Phi) is 5.48. The molecule has 0 radical (unpaired) electrons. The number of benzene rings is 1. The van der Waals surface area contributed by atoms with Crippen molar-refractivity contribution in [1.82, 2.24) is 20.4 Å². The van der Waals surface area contributed by atoms with Crippen LogP contribution >= 0.6 is 0 Å². The fraction of sp³-hybridized carbons (Fsp3) is 0.375. The third-order valence-corrected chi connectivity index (χ3v) is 3.85. The van der Waals surface area contributed by atoms with Crippen LogP contribution in [-0.2, 0) is 17.4 Å². The molecule has 1 aromatic heterocycles. The number of aromatic nitrogens is 2. The number of carbonyl (C=O) groups is 1. The number of likely N-dealkylation sites (N-methyl/N-ethyl adjacent to an activating group) is 1. The number of aliphatic hydroxyl groups is 1. The van der Waals surface area contributed by atoms with Crippen molar-refractivity contribution in [2.45, 2.75) is 17.8 Å². The molecule has 0 fully saturated rings. The van der Waals surface area contributed by atoms with E-state index in [1.807, 2.05) is 0 Å². The topological polar surface area (TPSA) is 79.2 Å². The quantitative estimate of drug-likeness (QED) is 0.728. The Hall–Kier alpha value is -2.39.